The Morgan fingerprint density at radius 1 is 1.04 bits per heavy atom. The molecule has 0 spiro atoms. The van der Waals surface area contributed by atoms with Crippen LogP contribution in [0.4, 0.5) is 0 Å². The zero-order valence-corrected chi connectivity index (χ0v) is 16.1. The lowest BCUT2D eigenvalue weighted by Gasteiger charge is -2.60. The summed E-state index contributed by atoms with van der Waals surface area (Å²) in [6.07, 6.45) is 9.38. The maximum Gasteiger partial charge on any atom is 0.312 e. The lowest BCUT2D eigenvalue weighted by Crippen LogP contribution is -2.60. The first kappa shape index (κ1) is 18.2. The second-order valence-electron chi connectivity index (χ2n) is 9.19. The van der Waals surface area contributed by atoms with Gasteiger partial charge in [-0.1, -0.05) is 6.92 Å². The Morgan fingerprint density at radius 2 is 1.62 bits per heavy atom. The Kier molecular flexibility index (Phi) is 5.30. The van der Waals surface area contributed by atoms with Gasteiger partial charge in [-0.25, -0.2) is 0 Å². The smallest absolute Gasteiger partial charge is 0.312 e. The molecule has 4 aliphatic rings. The van der Waals surface area contributed by atoms with Crippen molar-refractivity contribution in [1.82, 2.24) is 0 Å². The van der Waals surface area contributed by atoms with Crippen LogP contribution in [0.5, 0.6) is 0 Å². The van der Waals surface area contributed by atoms with Crippen LogP contribution in [0.3, 0.4) is 0 Å². The van der Waals surface area contributed by atoms with Crippen molar-refractivity contribution in [2.75, 3.05) is 13.2 Å². The molecule has 4 rings (SSSR count). The first-order valence-electron chi connectivity index (χ1n) is 10.2. The zero-order valence-electron chi connectivity index (χ0n) is 16.1. The Labute approximate surface area is 147 Å². The zero-order chi connectivity index (χ0) is 17.4. The van der Waals surface area contributed by atoms with E-state index in [1.807, 2.05) is 20.8 Å². The predicted octanol–water partition coefficient (Wildman–Crippen LogP) is 4.98. The highest BCUT2D eigenvalue weighted by Gasteiger charge is 2.59. The third kappa shape index (κ3) is 3.25. The molecule has 24 heavy (non-hydrogen) atoms. The molecule has 138 valence electrons. The van der Waals surface area contributed by atoms with Gasteiger partial charge in [-0.05, 0) is 95.8 Å². The molecule has 0 N–H and O–H groups in total. The molecule has 0 saturated heterocycles. The average Bonchev–Trinajstić information content (AvgIpc) is 2.55. The Bertz CT molecular complexity index is 426. The number of ether oxygens (including phenoxy) is 2. The van der Waals surface area contributed by atoms with E-state index in [1.165, 1.54) is 32.1 Å². The molecular weight excluding hydrogens is 300 g/mol. The first-order chi connectivity index (χ1) is 11.4. The van der Waals surface area contributed by atoms with Gasteiger partial charge in [0.1, 0.15) is 5.60 Å². The minimum Gasteiger partial charge on any atom is -0.458 e. The van der Waals surface area contributed by atoms with Gasteiger partial charge in [0.05, 0.1) is 5.41 Å². The number of esters is 1. The van der Waals surface area contributed by atoms with Crippen LogP contribution in [0.25, 0.3) is 0 Å². The largest absolute Gasteiger partial charge is 0.458 e. The minimum atomic E-state index is -0.373. The van der Waals surface area contributed by atoms with Crippen molar-refractivity contribution < 1.29 is 14.3 Å². The van der Waals surface area contributed by atoms with Crippen LogP contribution in [0.2, 0.25) is 0 Å². The Balaban J connectivity index is 1.78. The van der Waals surface area contributed by atoms with Crippen molar-refractivity contribution in [2.45, 2.75) is 84.7 Å². The molecule has 0 aliphatic heterocycles. The molecule has 4 fully saturated rings. The quantitative estimate of drug-likeness (QED) is 0.463. The molecule has 0 atom stereocenters. The second kappa shape index (κ2) is 6.97. The molecule has 0 unspecified atom stereocenters. The van der Waals surface area contributed by atoms with Gasteiger partial charge >= 0.3 is 5.97 Å². The number of hydrogen-bond acceptors (Lipinski definition) is 3. The summed E-state index contributed by atoms with van der Waals surface area (Å²) in [4.78, 5) is 12.9. The van der Waals surface area contributed by atoms with Gasteiger partial charge in [-0.3, -0.25) is 4.79 Å². The van der Waals surface area contributed by atoms with E-state index in [2.05, 4.69) is 6.92 Å². The van der Waals surface area contributed by atoms with Crippen molar-refractivity contribution in [2.24, 2.45) is 29.1 Å². The molecule has 0 amide bonds. The molecule has 0 aromatic heterocycles. The summed E-state index contributed by atoms with van der Waals surface area (Å²) in [5.41, 5.74) is -0.574. The van der Waals surface area contributed by atoms with Crippen molar-refractivity contribution in [3.05, 3.63) is 0 Å². The van der Waals surface area contributed by atoms with E-state index in [0.717, 1.165) is 44.3 Å². The van der Waals surface area contributed by atoms with E-state index >= 15 is 0 Å². The molecular formula is C21H36O3. The molecule has 0 aromatic carbocycles. The highest BCUT2D eigenvalue weighted by Crippen LogP contribution is 2.61. The van der Waals surface area contributed by atoms with Crippen LogP contribution in [-0.2, 0) is 14.3 Å². The highest BCUT2D eigenvalue weighted by atomic mass is 16.6. The standard InChI is InChI=1S/C21H36O3/c1-5-20(3,4)19(22)24-21(8-7-9-23-6-2)17-11-15-10-16(13-17)14-18(21)12-15/h15-18H,5-14H2,1-4H3. The fourth-order valence-corrected chi connectivity index (χ4v) is 5.66. The van der Waals surface area contributed by atoms with Crippen LogP contribution < -0.4 is 0 Å². The fraction of sp³-hybridized carbons (Fsp3) is 0.952. The van der Waals surface area contributed by atoms with E-state index < -0.39 is 0 Å². The minimum absolute atomic E-state index is 0.0221. The van der Waals surface area contributed by atoms with E-state index in [0.29, 0.717) is 11.8 Å². The van der Waals surface area contributed by atoms with Crippen molar-refractivity contribution in [1.29, 1.82) is 0 Å². The molecule has 4 saturated carbocycles. The summed E-state index contributed by atoms with van der Waals surface area (Å²) < 4.78 is 12.0. The summed E-state index contributed by atoms with van der Waals surface area (Å²) in [7, 11) is 0. The second-order valence-corrected chi connectivity index (χ2v) is 9.19. The lowest BCUT2D eigenvalue weighted by molar-refractivity contribution is -0.220. The Morgan fingerprint density at radius 3 is 2.12 bits per heavy atom. The molecule has 0 heterocycles. The van der Waals surface area contributed by atoms with Crippen molar-refractivity contribution in [3.63, 3.8) is 0 Å². The van der Waals surface area contributed by atoms with Gasteiger partial charge in [0.25, 0.3) is 0 Å². The number of carbonyl (C=O) groups is 1. The normalized spacial score (nSPS) is 37.7. The predicted molar refractivity (Wildman–Crippen MR) is 95.7 cm³/mol. The monoisotopic (exact) mass is 336 g/mol. The average molecular weight is 337 g/mol. The van der Waals surface area contributed by atoms with E-state index in [4.69, 9.17) is 9.47 Å². The summed E-state index contributed by atoms with van der Waals surface area (Å²) in [6, 6.07) is 0. The van der Waals surface area contributed by atoms with E-state index in [-0.39, 0.29) is 17.0 Å². The topological polar surface area (TPSA) is 35.5 Å². The SMILES string of the molecule is CCOCCCC1(OC(=O)C(C)(C)CC)C2CC3CC(C2)CC1C3. The van der Waals surface area contributed by atoms with Crippen LogP contribution in [0.1, 0.15) is 79.1 Å². The highest BCUT2D eigenvalue weighted by molar-refractivity contribution is 5.76. The van der Waals surface area contributed by atoms with Gasteiger partial charge in [0, 0.05) is 13.2 Å². The third-order valence-electron chi connectivity index (χ3n) is 7.30. The van der Waals surface area contributed by atoms with Crippen molar-refractivity contribution in [3.8, 4) is 0 Å². The first-order valence-corrected chi connectivity index (χ1v) is 10.2. The van der Waals surface area contributed by atoms with Crippen LogP contribution in [0.15, 0.2) is 0 Å². The van der Waals surface area contributed by atoms with Gasteiger partial charge in [-0.15, -0.1) is 0 Å². The summed E-state index contributed by atoms with van der Waals surface area (Å²) in [5.74, 6) is 2.99. The number of hydrogen-bond donors (Lipinski definition) is 0. The molecule has 0 radical (unpaired) electrons. The number of rotatable bonds is 8. The Hall–Kier alpha value is -0.570. The molecule has 3 heteroatoms. The lowest BCUT2D eigenvalue weighted by atomic mass is 9.49. The van der Waals surface area contributed by atoms with Crippen LogP contribution >= 0.6 is 0 Å². The number of carbonyl (C=O) groups excluding carboxylic acids is 1. The van der Waals surface area contributed by atoms with E-state index in [1.54, 1.807) is 0 Å². The fourth-order valence-electron chi connectivity index (χ4n) is 5.66. The third-order valence-corrected chi connectivity index (χ3v) is 7.30. The summed E-state index contributed by atoms with van der Waals surface area (Å²) >= 11 is 0. The molecule has 3 nitrogen and oxygen atoms in total. The van der Waals surface area contributed by atoms with Gasteiger partial charge in [-0.2, -0.15) is 0 Å². The van der Waals surface area contributed by atoms with Gasteiger partial charge < -0.3 is 9.47 Å². The van der Waals surface area contributed by atoms with Gasteiger partial charge in [0.15, 0.2) is 0 Å². The van der Waals surface area contributed by atoms with Crippen molar-refractivity contribution >= 4 is 5.97 Å². The maximum absolute atomic E-state index is 12.9. The van der Waals surface area contributed by atoms with Crippen LogP contribution in [0, 0.1) is 29.1 Å². The molecule has 0 aromatic rings. The van der Waals surface area contributed by atoms with Gasteiger partial charge in [0.2, 0.25) is 0 Å². The van der Waals surface area contributed by atoms with E-state index in [9.17, 15) is 4.79 Å². The summed E-state index contributed by atoms with van der Waals surface area (Å²) in [6.45, 7) is 9.74. The van der Waals surface area contributed by atoms with Crippen LogP contribution in [-0.4, -0.2) is 24.8 Å². The maximum atomic E-state index is 12.9. The molecule has 4 bridgehead atoms. The molecule has 4 aliphatic carbocycles. The summed E-state index contributed by atoms with van der Waals surface area (Å²) in [5, 5.41) is 0.